The Morgan fingerprint density at radius 3 is 1.46 bits per heavy atom. The molecular weight excluding hydrogens is 448 g/mol. The zero-order valence-corrected chi connectivity index (χ0v) is 20.4. The first-order valence-corrected chi connectivity index (χ1v) is 11.6. The van der Waals surface area contributed by atoms with E-state index in [1.807, 2.05) is 27.7 Å². The van der Waals surface area contributed by atoms with Crippen LogP contribution in [0.3, 0.4) is 0 Å². The van der Waals surface area contributed by atoms with Crippen molar-refractivity contribution in [3.05, 3.63) is 59.7 Å². The first kappa shape index (κ1) is 26.1. The number of aromatic nitrogens is 2. The summed E-state index contributed by atoms with van der Waals surface area (Å²) in [6.07, 6.45) is 0. The van der Waals surface area contributed by atoms with Crippen LogP contribution < -0.4 is 10.6 Å². The van der Waals surface area contributed by atoms with E-state index in [-0.39, 0.29) is 48.6 Å². The van der Waals surface area contributed by atoms with Gasteiger partial charge in [-0.2, -0.15) is 0 Å². The van der Waals surface area contributed by atoms with Gasteiger partial charge in [-0.3, -0.25) is 9.59 Å². The lowest BCUT2D eigenvalue weighted by Gasteiger charge is -2.20. The molecule has 0 spiro atoms. The summed E-state index contributed by atoms with van der Waals surface area (Å²) in [5, 5.41) is 33.1. The summed E-state index contributed by atoms with van der Waals surface area (Å²) in [4.78, 5) is 25.9. The normalized spacial score (nSPS) is 13.0. The van der Waals surface area contributed by atoms with Crippen LogP contribution in [0.1, 0.15) is 48.4 Å². The van der Waals surface area contributed by atoms with Crippen molar-refractivity contribution >= 4 is 11.8 Å². The molecule has 2 amide bonds. The molecule has 3 rings (SSSR count). The number of hydrogen-bond donors (Lipinski definition) is 4. The van der Waals surface area contributed by atoms with Gasteiger partial charge in [-0.1, -0.05) is 52.0 Å². The quantitative estimate of drug-likeness (QED) is 0.350. The maximum atomic E-state index is 12.9. The molecule has 0 unspecified atom stereocenters. The van der Waals surface area contributed by atoms with Gasteiger partial charge in [-0.05, 0) is 36.1 Å². The second kappa shape index (κ2) is 11.7. The van der Waals surface area contributed by atoms with Gasteiger partial charge in [0.15, 0.2) is 0 Å². The highest BCUT2D eigenvalue weighted by Gasteiger charge is 2.24. The maximum Gasteiger partial charge on any atom is 0.252 e. The van der Waals surface area contributed by atoms with E-state index in [4.69, 9.17) is 4.42 Å². The third-order valence-corrected chi connectivity index (χ3v) is 5.87. The van der Waals surface area contributed by atoms with E-state index >= 15 is 0 Å². The fourth-order valence-corrected chi connectivity index (χ4v) is 3.51. The van der Waals surface area contributed by atoms with Crippen molar-refractivity contribution in [3.63, 3.8) is 0 Å². The Hall–Kier alpha value is -3.56. The Bertz CT molecular complexity index is 1070. The van der Waals surface area contributed by atoms with E-state index in [2.05, 4.69) is 20.8 Å². The molecule has 35 heavy (non-hydrogen) atoms. The number of carbonyl (C=O) groups is 2. The summed E-state index contributed by atoms with van der Waals surface area (Å²) >= 11 is 0. The zero-order chi connectivity index (χ0) is 25.5. The van der Waals surface area contributed by atoms with Gasteiger partial charge >= 0.3 is 0 Å². The molecule has 9 nitrogen and oxygen atoms in total. The molecule has 3 aromatic rings. The lowest BCUT2D eigenvalue weighted by molar-refractivity contribution is 0.0891. The predicted octanol–water partition coefficient (Wildman–Crippen LogP) is 2.90. The van der Waals surface area contributed by atoms with E-state index in [1.54, 1.807) is 48.5 Å². The van der Waals surface area contributed by atoms with Gasteiger partial charge < -0.3 is 25.3 Å². The Kier molecular flexibility index (Phi) is 8.73. The van der Waals surface area contributed by atoms with E-state index in [0.29, 0.717) is 22.3 Å². The van der Waals surface area contributed by atoms with Crippen molar-refractivity contribution in [2.45, 2.75) is 39.8 Å². The van der Waals surface area contributed by atoms with Crippen LogP contribution in [0, 0.1) is 11.8 Å². The summed E-state index contributed by atoms with van der Waals surface area (Å²) in [5.41, 5.74) is 1.53. The molecule has 2 aromatic carbocycles. The van der Waals surface area contributed by atoms with Crippen molar-refractivity contribution < 1.29 is 24.2 Å². The molecule has 2 atom stereocenters. The van der Waals surface area contributed by atoms with Crippen molar-refractivity contribution in [1.82, 2.24) is 20.8 Å². The summed E-state index contributed by atoms with van der Waals surface area (Å²) in [5.74, 6) is -0.374. The first-order valence-electron chi connectivity index (χ1n) is 11.6. The average molecular weight is 481 g/mol. The molecule has 1 heterocycles. The van der Waals surface area contributed by atoms with Crippen LogP contribution in [-0.4, -0.2) is 57.5 Å². The van der Waals surface area contributed by atoms with Crippen LogP contribution >= 0.6 is 0 Å². The summed E-state index contributed by atoms with van der Waals surface area (Å²) in [7, 11) is 0. The fraction of sp³-hybridized carbons (Fsp3) is 0.385. The lowest BCUT2D eigenvalue weighted by atomic mass is 10.0. The highest BCUT2D eigenvalue weighted by atomic mass is 16.4. The van der Waals surface area contributed by atoms with Crippen LogP contribution in [-0.2, 0) is 0 Å². The molecule has 0 bridgehead atoms. The van der Waals surface area contributed by atoms with E-state index in [9.17, 15) is 19.8 Å². The number of rotatable bonds is 10. The SMILES string of the molecule is CC(C)[C@@H](CO)NC(=O)c1ccccc1-c1nnc(-c2ccccc2C(=O)N[C@H](CO)C(C)C)o1. The van der Waals surface area contributed by atoms with E-state index in [0.717, 1.165) is 0 Å². The van der Waals surface area contributed by atoms with Crippen molar-refractivity contribution in [3.8, 4) is 22.9 Å². The molecule has 9 heteroatoms. The molecule has 0 aliphatic heterocycles. The second-order valence-electron chi connectivity index (χ2n) is 9.02. The maximum absolute atomic E-state index is 12.9. The van der Waals surface area contributed by atoms with Crippen molar-refractivity contribution in [2.75, 3.05) is 13.2 Å². The van der Waals surface area contributed by atoms with Crippen LogP contribution in [0.4, 0.5) is 0 Å². The highest BCUT2D eigenvalue weighted by Crippen LogP contribution is 2.28. The van der Waals surface area contributed by atoms with E-state index < -0.39 is 12.1 Å². The van der Waals surface area contributed by atoms with E-state index in [1.165, 1.54) is 0 Å². The van der Waals surface area contributed by atoms with Gasteiger partial charge in [-0.15, -0.1) is 10.2 Å². The van der Waals surface area contributed by atoms with Gasteiger partial charge in [0.2, 0.25) is 11.8 Å². The number of hydrogen-bond acceptors (Lipinski definition) is 7. The molecule has 0 aliphatic rings. The fourth-order valence-electron chi connectivity index (χ4n) is 3.51. The number of aliphatic hydroxyl groups excluding tert-OH is 2. The number of benzene rings is 2. The standard InChI is InChI=1S/C26H32N4O5/c1-15(2)21(13-31)27-23(33)17-9-5-7-11-19(17)25-29-30-26(35-25)20-12-8-6-10-18(20)24(34)28-22(14-32)16(3)4/h5-12,15-16,21-22,31-32H,13-14H2,1-4H3,(H,27,33)(H,28,34)/t21-,22-/m1/s1. The molecule has 0 aliphatic carbocycles. The number of nitrogens with zero attached hydrogens (tertiary/aromatic N) is 2. The monoisotopic (exact) mass is 480 g/mol. The Balaban J connectivity index is 1.92. The summed E-state index contributed by atoms with van der Waals surface area (Å²) in [6.45, 7) is 7.29. The van der Waals surface area contributed by atoms with Crippen molar-refractivity contribution in [2.24, 2.45) is 11.8 Å². The number of nitrogens with one attached hydrogen (secondary N) is 2. The summed E-state index contributed by atoms with van der Waals surface area (Å²) < 4.78 is 5.91. The Morgan fingerprint density at radius 2 is 1.11 bits per heavy atom. The molecule has 186 valence electrons. The molecule has 1 aromatic heterocycles. The third-order valence-electron chi connectivity index (χ3n) is 5.87. The van der Waals surface area contributed by atoms with Gasteiger partial charge in [0.05, 0.1) is 47.6 Å². The Labute approximate surface area is 204 Å². The predicted molar refractivity (Wildman–Crippen MR) is 132 cm³/mol. The topological polar surface area (TPSA) is 138 Å². The second-order valence-corrected chi connectivity index (χ2v) is 9.02. The first-order chi connectivity index (χ1) is 16.8. The minimum atomic E-state index is -0.396. The summed E-state index contributed by atoms with van der Waals surface area (Å²) in [6, 6.07) is 12.9. The zero-order valence-electron chi connectivity index (χ0n) is 20.4. The van der Waals surface area contributed by atoms with Gasteiger partial charge in [0.1, 0.15) is 0 Å². The van der Waals surface area contributed by atoms with Crippen LogP contribution in [0.2, 0.25) is 0 Å². The van der Waals surface area contributed by atoms with Crippen LogP contribution in [0.5, 0.6) is 0 Å². The minimum Gasteiger partial charge on any atom is -0.416 e. The van der Waals surface area contributed by atoms with Gasteiger partial charge in [-0.25, -0.2) is 0 Å². The van der Waals surface area contributed by atoms with Gasteiger partial charge in [0.25, 0.3) is 11.8 Å². The highest BCUT2D eigenvalue weighted by molar-refractivity contribution is 6.01. The molecule has 0 saturated carbocycles. The molecular formula is C26H32N4O5. The van der Waals surface area contributed by atoms with Crippen LogP contribution in [0.25, 0.3) is 22.9 Å². The molecule has 0 fully saturated rings. The minimum absolute atomic E-state index is 0.0508. The lowest BCUT2D eigenvalue weighted by Crippen LogP contribution is -2.41. The number of aliphatic hydroxyl groups is 2. The molecule has 0 radical (unpaired) electrons. The molecule has 4 N–H and O–H groups in total. The Morgan fingerprint density at radius 1 is 0.743 bits per heavy atom. The smallest absolute Gasteiger partial charge is 0.252 e. The van der Waals surface area contributed by atoms with Crippen LogP contribution in [0.15, 0.2) is 52.9 Å². The van der Waals surface area contributed by atoms with Gasteiger partial charge in [0, 0.05) is 0 Å². The number of amides is 2. The number of carbonyl (C=O) groups excluding carboxylic acids is 2. The third kappa shape index (κ3) is 6.12. The van der Waals surface area contributed by atoms with Crippen molar-refractivity contribution in [1.29, 1.82) is 0 Å². The average Bonchev–Trinajstić information content (AvgIpc) is 3.35. The molecule has 0 saturated heterocycles. The largest absolute Gasteiger partial charge is 0.416 e.